The van der Waals surface area contributed by atoms with Gasteiger partial charge in [0.2, 0.25) is 0 Å². The number of hydrogen-bond acceptors (Lipinski definition) is 6. The molecule has 192 valence electrons. The number of piperidine rings is 1. The lowest BCUT2D eigenvalue weighted by Crippen LogP contribution is -2.44. The SMILES string of the molecule is CC(C)(C)OC(=O)N1CCC(Oc2ccc(-c3nccc4[nH]c(CN5CCOCC5)cc34)cc2)CC1. The molecular formula is C28H36N4O4. The number of nitrogens with zero attached hydrogens (tertiary/aromatic N) is 3. The summed E-state index contributed by atoms with van der Waals surface area (Å²) >= 11 is 0. The predicted molar refractivity (Wildman–Crippen MR) is 139 cm³/mol. The van der Waals surface area contributed by atoms with Crippen molar-refractivity contribution in [2.24, 2.45) is 0 Å². The second kappa shape index (κ2) is 10.5. The summed E-state index contributed by atoms with van der Waals surface area (Å²) in [5, 5.41) is 1.13. The van der Waals surface area contributed by atoms with Gasteiger partial charge in [0.1, 0.15) is 17.5 Å². The zero-order valence-corrected chi connectivity index (χ0v) is 21.5. The summed E-state index contributed by atoms with van der Waals surface area (Å²) in [6, 6.07) is 12.4. The number of pyridine rings is 1. The summed E-state index contributed by atoms with van der Waals surface area (Å²) in [5.41, 5.74) is 3.84. The van der Waals surface area contributed by atoms with Gasteiger partial charge in [0.25, 0.3) is 0 Å². The number of nitrogens with one attached hydrogen (secondary N) is 1. The van der Waals surface area contributed by atoms with Gasteiger partial charge in [-0.1, -0.05) is 0 Å². The zero-order chi connectivity index (χ0) is 25.1. The van der Waals surface area contributed by atoms with Crippen molar-refractivity contribution in [2.45, 2.75) is 51.9 Å². The Morgan fingerprint density at radius 2 is 1.81 bits per heavy atom. The van der Waals surface area contributed by atoms with E-state index in [0.717, 1.165) is 73.6 Å². The van der Waals surface area contributed by atoms with E-state index in [1.165, 1.54) is 5.69 Å². The van der Waals surface area contributed by atoms with Crippen LogP contribution in [-0.4, -0.2) is 77.0 Å². The van der Waals surface area contributed by atoms with E-state index in [1.807, 2.05) is 45.2 Å². The van der Waals surface area contributed by atoms with E-state index in [0.29, 0.717) is 13.1 Å². The van der Waals surface area contributed by atoms with Crippen LogP contribution in [-0.2, 0) is 16.0 Å². The number of aromatic amines is 1. The zero-order valence-electron chi connectivity index (χ0n) is 21.5. The number of carbonyl (C=O) groups excluding carboxylic acids is 1. The van der Waals surface area contributed by atoms with Gasteiger partial charge in [0.05, 0.1) is 18.9 Å². The van der Waals surface area contributed by atoms with E-state index >= 15 is 0 Å². The highest BCUT2D eigenvalue weighted by atomic mass is 16.6. The summed E-state index contributed by atoms with van der Waals surface area (Å²) in [5.74, 6) is 0.837. The molecule has 1 amide bonds. The van der Waals surface area contributed by atoms with Gasteiger partial charge in [-0.2, -0.15) is 0 Å². The van der Waals surface area contributed by atoms with E-state index < -0.39 is 5.60 Å². The van der Waals surface area contributed by atoms with Crippen molar-refractivity contribution < 1.29 is 19.0 Å². The maximum atomic E-state index is 12.3. The van der Waals surface area contributed by atoms with Crippen LogP contribution in [0.1, 0.15) is 39.3 Å². The normalized spacial score (nSPS) is 17.9. The van der Waals surface area contributed by atoms with Crippen molar-refractivity contribution >= 4 is 17.0 Å². The van der Waals surface area contributed by atoms with Gasteiger partial charge in [-0.25, -0.2) is 4.79 Å². The van der Waals surface area contributed by atoms with Crippen molar-refractivity contribution in [1.82, 2.24) is 19.8 Å². The van der Waals surface area contributed by atoms with Crippen molar-refractivity contribution in [3.63, 3.8) is 0 Å². The maximum absolute atomic E-state index is 12.3. The minimum absolute atomic E-state index is 0.0866. The first kappa shape index (κ1) is 24.6. The Balaban J connectivity index is 1.21. The smallest absolute Gasteiger partial charge is 0.410 e. The summed E-state index contributed by atoms with van der Waals surface area (Å²) in [7, 11) is 0. The fraction of sp³-hybridized carbons (Fsp3) is 0.500. The van der Waals surface area contributed by atoms with Gasteiger partial charge in [0, 0.05) is 73.9 Å². The molecule has 0 radical (unpaired) electrons. The molecule has 1 N–H and O–H groups in total. The molecule has 2 aliphatic rings. The van der Waals surface area contributed by atoms with Crippen molar-refractivity contribution in [3.8, 4) is 17.0 Å². The van der Waals surface area contributed by atoms with Crippen LogP contribution in [0.3, 0.4) is 0 Å². The molecule has 3 aromatic rings. The number of fused-ring (bicyclic) bond motifs is 1. The first-order valence-electron chi connectivity index (χ1n) is 12.9. The average molecular weight is 493 g/mol. The lowest BCUT2D eigenvalue weighted by Gasteiger charge is -2.33. The number of aromatic nitrogens is 2. The minimum Gasteiger partial charge on any atom is -0.490 e. The van der Waals surface area contributed by atoms with Gasteiger partial charge in [-0.05, 0) is 57.2 Å². The summed E-state index contributed by atoms with van der Waals surface area (Å²) in [6.07, 6.45) is 3.28. The Labute approximate surface area is 212 Å². The summed E-state index contributed by atoms with van der Waals surface area (Å²) in [6.45, 7) is 11.4. The highest BCUT2D eigenvalue weighted by Crippen LogP contribution is 2.30. The highest BCUT2D eigenvalue weighted by Gasteiger charge is 2.27. The second-order valence-corrected chi connectivity index (χ2v) is 10.6. The fourth-order valence-corrected chi connectivity index (χ4v) is 4.79. The molecule has 2 aliphatic heterocycles. The third-order valence-corrected chi connectivity index (χ3v) is 6.63. The molecule has 1 aromatic carbocycles. The van der Waals surface area contributed by atoms with Gasteiger partial charge < -0.3 is 24.1 Å². The fourth-order valence-electron chi connectivity index (χ4n) is 4.79. The van der Waals surface area contributed by atoms with Crippen LogP contribution in [0.2, 0.25) is 0 Å². The molecule has 0 aliphatic carbocycles. The number of H-pyrrole nitrogens is 1. The molecule has 2 fully saturated rings. The molecule has 0 bridgehead atoms. The monoisotopic (exact) mass is 492 g/mol. The Morgan fingerprint density at radius 3 is 2.50 bits per heavy atom. The molecular weight excluding hydrogens is 456 g/mol. The third kappa shape index (κ3) is 5.99. The molecule has 0 atom stereocenters. The average Bonchev–Trinajstić information content (AvgIpc) is 3.27. The number of amides is 1. The van der Waals surface area contributed by atoms with Crippen LogP contribution in [0, 0.1) is 0 Å². The van der Waals surface area contributed by atoms with Gasteiger partial charge in [0.15, 0.2) is 0 Å². The highest BCUT2D eigenvalue weighted by molar-refractivity contribution is 5.93. The Morgan fingerprint density at radius 1 is 1.08 bits per heavy atom. The molecule has 4 heterocycles. The summed E-state index contributed by atoms with van der Waals surface area (Å²) < 4.78 is 17.2. The second-order valence-electron chi connectivity index (χ2n) is 10.6. The lowest BCUT2D eigenvalue weighted by molar-refractivity contribution is 0.0126. The van der Waals surface area contributed by atoms with Crippen LogP contribution < -0.4 is 4.74 Å². The molecule has 8 nitrogen and oxygen atoms in total. The molecule has 0 spiro atoms. The van der Waals surface area contributed by atoms with E-state index in [2.05, 4.69) is 33.1 Å². The van der Waals surface area contributed by atoms with Crippen LogP contribution in [0.4, 0.5) is 4.79 Å². The first-order chi connectivity index (χ1) is 17.3. The van der Waals surface area contributed by atoms with Crippen molar-refractivity contribution in [1.29, 1.82) is 0 Å². The topological polar surface area (TPSA) is 79.9 Å². The van der Waals surface area contributed by atoms with Crippen molar-refractivity contribution in [3.05, 3.63) is 48.3 Å². The molecule has 2 saturated heterocycles. The number of morpholine rings is 1. The van der Waals surface area contributed by atoms with Crippen LogP contribution in [0.25, 0.3) is 22.2 Å². The van der Waals surface area contributed by atoms with Crippen LogP contribution >= 0.6 is 0 Å². The largest absolute Gasteiger partial charge is 0.490 e. The number of likely N-dealkylation sites (tertiary alicyclic amines) is 1. The van der Waals surface area contributed by atoms with E-state index in [-0.39, 0.29) is 12.2 Å². The molecule has 36 heavy (non-hydrogen) atoms. The molecule has 0 saturated carbocycles. The van der Waals surface area contributed by atoms with Crippen molar-refractivity contribution in [2.75, 3.05) is 39.4 Å². The minimum atomic E-state index is -0.476. The number of rotatable bonds is 5. The number of hydrogen-bond donors (Lipinski definition) is 1. The number of carbonyl (C=O) groups is 1. The number of benzene rings is 1. The number of ether oxygens (including phenoxy) is 3. The first-order valence-corrected chi connectivity index (χ1v) is 12.9. The summed E-state index contributed by atoms with van der Waals surface area (Å²) in [4.78, 5) is 24.7. The lowest BCUT2D eigenvalue weighted by atomic mass is 10.1. The standard InChI is InChI=1S/C28H36N4O4/c1-28(2,3)36-27(33)32-12-9-23(10-13-32)35-22-6-4-20(5-7-22)26-24-18-21(30-25(24)8-11-29-26)19-31-14-16-34-17-15-31/h4-8,11,18,23,30H,9-10,12-17,19H2,1-3H3. The predicted octanol–water partition coefficient (Wildman–Crippen LogP) is 4.84. The van der Waals surface area contributed by atoms with Gasteiger partial charge in [-0.15, -0.1) is 0 Å². The molecule has 5 rings (SSSR count). The van der Waals surface area contributed by atoms with E-state index in [4.69, 9.17) is 14.2 Å². The Bertz CT molecular complexity index is 1170. The van der Waals surface area contributed by atoms with Crippen LogP contribution in [0.5, 0.6) is 5.75 Å². The molecule has 0 unspecified atom stereocenters. The Hall–Kier alpha value is -3.10. The molecule has 8 heteroatoms. The van der Waals surface area contributed by atoms with Gasteiger partial charge >= 0.3 is 6.09 Å². The van der Waals surface area contributed by atoms with Crippen LogP contribution in [0.15, 0.2) is 42.6 Å². The van der Waals surface area contributed by atoms with Gasteiger partial charge in [-0.3, -0.25) is 9.88 Å². The molecule has 2 aromatic heterocycles. The van der Waals surface area contributed by atoms with E-state index in [9.17, 15) is 4.79 Å². The Kier molecular flexibility index (Phi) is 7.16. The quantitative estimate of drug-likeness (QED) is 0.549. The maximum Gasteiger partial charge on any atom is 0.410 e. The third-order valence-electron chi connectivity index (χ3n) is 6.63. The van der Waals surface area contributed by atoms with E-state index in [1.54, 1.807) is 4.90 Å².